The van der Waals surface area contributed by atoms with Gasteiger partial charge in [-0.2, -0.15) is 0 Å². The summed E-state index contributed by atoms with van der Waals surface area (Å²) < 4.78 is 23.1. The molecule has 2 N–H and O–H groups in total. The van der Waals surface area contributed by atoms with Crippen LogP contribution in [-0.4, -0.2) is 67.2 Å². The molecule has 1 fully saturated rings. The van der Waals surface area contributed by atoms with Gasteiger partial charge in [-0.1, -0.05) is 13.8 Å². The molecular formula is C12H26N2O3S. The van der Waals surface area contributed by atoms with Crippen LogP contribution in [0.5, 0.6) is 0 Å². The van der Waals surface area contributed by atoms with Gasteiger partial charge in [0.15, 0.2) is 9.84 Å². The molecule has 0 aromatic heterocycles. The molecule has 0 aromatic rings. The van der Waals surface area contributed by atoms with Gasteiger partial charge in [-0.25, -0.2) is 8.42 Å². The highest BCUT2D eigenvalue weighted by Gasteiger charge is 2.33. The summed E-state index contributed by atoms with van der Waals surface area (Å²) in [7, 11) is -2.87. The molecule has 18 heavy (non-hydrogen) atoms. The maximum atomic E-state index is 11.5. The Kier molecular flexibility index (Phi) is 5.17. The minimum Gasteiger partial charge on any atom is -0.394 e. The molecule has 0 aliphatic carbocycles. The molecule has 2 atom stereocenters. The minimum absolute atomic E-state index is 0.0172. The van der Waals surface area contributed by atoms with Gasteiger partial charge in [-0.3, -0.25) is 4.90 Å². The zero-order valence-corrected chi connectivity index (χ0v) is 12.6. The summed E-state index contributed by atoms with van der Waals surface area (Å²) in [4.78, 5) is 2.15. The molecular weight excluding hydrogens is 252 g/mol. The predicted molar refractivity (Wildman–Crippen MR) is 73.5 cm³/mol. The van der Waals surface area contributed by atoms with E-state index in [2.05, 4.69) is 10.2 Å². The molecule has 0 amide bonds. The van der Waals surface area contributed by atoms with Gasteiger partial charge in [0.1, 0.15) is 0 Å². The SMILES string of the molecule is CC(C)NC(C)(CO)CN1CCS(=O)(=O)CC1C. The lowest BCUT2D eigenvalue weighted by Crippen LogP contribution is -2.60. The van der Waals surface area contributed by atoms with Gasteiger partial charge < -0.3 is 10.4 Å². The molecule has 2 unspecified atom stereocenters. The van der Waals surface area contributed by atoms with Crippen molar-refractivity contribution in [1.29, 1.82) is 0 Å². The van der Waals surface area contributed by atoms with E-state index in [1.165, 1.54) is 0 Å². The normalized spacial score (nSPS) is 28.2. The maximum absolute atomic E-state index is 11.5. The van der Waals surface area contributed by atoms with E-state index in [0.717, 1.165) is 0 Å². The molecule has 1 heterocycles. The van der Waals surface area contributed by atoms with E-state index in [-0.39, 0.29) is 35.7 Å². The topological polar surface area (TPSA) is 69.6 Å². The average Bonchev–Trinajstić information content (AvgIpc) is 2.21. The molecule has 5 nitrogen and oxygen atoms in total. The van der Waals surface area contributed by atoms with Crippen molar-refractivity contribution >= 4 is 9.84 Å². The van der Waals surface area contributed by atoms with Crippen molar-refractivity contribution in [3.8, 4) is 0 Å². The van der Waals surface area contributed by atoms with Gasteiger partial charge in [0.05, 0.1) is 23.7 Å². The Hall–Kier alpha value is -0.170. The van der Waals surface area contributed by atoms with Crippen molar-refractivity contribution < 1.29 is 13.5 Å². The number of aliphatic hydroxyl groups excluding tert-OH is 1. The molecule has 1 rings (SSSR count). The largest absolute Gasteiger partial charge is 0.394 e. The molecule has 1 aliphatic heterocycles. The van der Waals surface area contributed by atoms with Crippen LogP contribution >= 0.6 is 0 Å². The monoisotopic (exact) mass is 278 g/mol. The number of aliphatic hydroxyl groups is 1. The quantitative estimate of drug-likeness (QED) is 0.732. The lowest BCUT2D eigenvalue weighted by Gasteiger charge is -2.41. The van der Waals surface area contributed by atoms with Crippen LogP contribution in [0.1, 0.15) is 27.7 Å². The summed E-state index contributed by atoms with van der Waals surface area (Å²) in [5.41, 5.74) is -0.385. The molecule has 0 saturated carbocycles. The fourth-order valence-electron chi connectivity index (χ4n) is 2.55. The Morgan fingerprint density at radius 1 is 1.50 bits per heavy atom. The van der Waals surface area contributed by atoms with Crippen LogP contribution in [0.15, 0.2) is 0 Å². The highest BCUT2D eigenvalue weighted by atomic mass is 32.2. The van der Waals surface area contributed by atoms with E-state index in [0.29, 0.717) is 13.1 Å². The van der Waals surface area contributed by atoms with Crippen molar-refractivity contribution in [3.05, 3.63) is 0 Å². The van der Waals surface area contributed by atoms with Crippen molar-refractivity contribution in [3.63, 3.8) is 0 Å². The molecule has 0 aromatic carbocycles. The van der Waals surface area contributed by atoms with E-state index >= 15 is 0 Å². The molecule has 108 valence electrons. The van der Waals surface area contributed by atoms with Crippen molar-refractivity contribution in [2.75, 3.05) is 31.2 Å². The van der Waals surface area contributed by atoms with Crippen LogP contribution in [0.25, 0.3) is 0 Å². The lowest BCUT2D eigenvalue weighted by atomic mass is 10.0. The zero-order chi connectivity index (χ0) is 14.0. The number of nitrogens with one attached hydrogen (secondary N) is 1. The molecule has 1 aliphatic rings. The van der Waals surface area contributed by atoms with E-state index in [1.807, 2.05) is 27.7 Å². The van der Waals surface area contributed by atoms with Crippen LogP contribution in [0.2, 0.25) is 0 Å². The van der Waals surface area contributed by atoms with E-state index in [9.17, 15) is 13.5 Å². The summed E-state index contributed by atoms with van der Waals surface area (Å²) in [6.07, 6.45) is 0. The lowest BCUT2D eigenvalue weighted by molar-refractivity contribution is 0.0989. The Balaban J connectivity index is 2.66. The smallest absolute Gasteiger partial charge is 0.153 e. The Morgan fingerprint density at radius 3 is 2.56 bits per heavy atom. The van der Waals surface area contributed by atoms with Crippen LogP contribution in [0.4, 0.5) is 0 Å². The number of sulfone groups is 1. The van der Waals surface area contributed by atoms with Gasteiger partial charge >= 0.3 is 0 Å². The van der Waals surface area contributed by atoms with Crippen LogP contribution in [0.3, 0.4) is 0 Å². The molecule has 6 heteroatoms. The molecule has 0 spiro atoms. The van der Waals surface area contributed by atoms with Crippen molar-refractivity contribution in [1.82, 2.24) is 10.2 Å². The minimum atomic E-state index is -2.87. The van der Waals surface area contributed by atoms with Crippen molar-refractivity contribution in [2.45, 2.75) is 45.3 Å². The first-order valence-corrected chi connectivity index (χ1v) is 8.33. The maximum Gasteiger partial charge on any atom is 0.153 e. The van der Waals surface area contributed by atoms with Crippen LogP contribution in [0, 0.1) is 0 Å². The zero-order valence-electron chi connectivity index (χ0n) is 11.8. The Bertz CT molecular complexity index is 370. The Labute approximate surface area is 110 Å². The van der Waals surface area contributed by atoms with Gasteiger partial charge in [-0.15, -0.1) is 0 Å². The summed E-state index contributed by atoms with van der Waals surface area (Å²) in [6.45, 7) is 9.25. The number of rotatable bonds is 5. The van der Waals surface area contributed by atoms with Gasteiger partial charge in [0, 0.05) is 25.2 Å². The highest BCUT2D eigenvalue weighted by Crippen LogP contribution is 2.16. The van der Waals surface area contributed by atoms with Crippen LogP contribution < -0.4 is 5.32 Å². The highest BCUT2D eigenvalue weighted by molar-refractivity contribution is 7.91. The number of nitrogens with zero attached hydrogens (tertiary/aromatic N) is 1. The summed E-state index contributed by atoms with van der Waals surface area (Å²) in [5.74, 6) is 0.441. The van der Waals surface area contributed by atoms with Gasteiger partial charge in [0.25, 0.3) is 0 Å². The second-order valence-corrected chi connectivity index (χ2v) is 8.18. The molecule has 1 saturated heterocycles. The summed E-state index contributed by atoms with van der Waals surface area (Å²) >= 11 is 0. The van der Waals surface area contributed by atoms with Crippen LogP contribution in [-0.2, 0) is 9.84 Å². The standard InChI is InChI=1S/C12H26N2O3S/c1-10(2)13-12(4,9-15)8-14-5-6-18(16,17)7-11(14)3/h10-11,13,15H,5-9H2,1-4H3. The predicted octanol–water partition coefficient (Wildman–Crippen LogP) is -0.146. The average molecular weight is 278 g/mol. The fraction of sp³-hybridized carbons (Fsp3) is 1.00. The number of hydrogen-bond donors (Lipinski definition) is 2. The van der Waals surface area contributed by atoms with Gasteiger partial charge in [0.2, 0.25) is 0 Å². The second kappa shape index (κ2) is 5.86. The van der Waals surface area contributed by atoms with E-state index in [1.54, 1.807) is 0 Å². The molecule has 0 bridgehead atoms. The van der Waals surface area contributed by atoms with E-state index < -0.39 is 9.84 Å². The van der Waals surface area contributed by atoms with E-state index in [4.69, 9.17) is 0 Å². The number of hydrogen-bond acceptors (Lipinski definition) is 5. The third-order valence-electron chi connectivity index (χ3n) is 3.35. The first-order valence-electron chi connectivity index (χ1n) is 6.50. The summed E-state index contributed by atoms with van der Waals surface area (Å²) in [6, 6.07) is 0.301. The van der Waals surface area contributed by atoms with Crippen molar-refractivity contribution in [2.24, 2.45) is 0 Å². The first kappa shape index (κ1) is 15.9. The molecule has 0 radical (unpaired) electrons. The Morgan fingerprint density at radius 2 is 2.11 bits per heavy atom. The fourth-order valence-corrected chi connectivity index (χ4v) is 4.18. The third-order valence-corrected chi connectivity index (χ3v) is 5.14. The van der Waals surface area contributed by atoms with Gasteiger partial charge in [-0.05, 0) is 13.8 Å². The third kappa shape index (κ3) is 4.50. The first-order chi connectivity index (χ1) is 8.17. The summed E-state index contributed by atoms with van der Waals surface area (Å²) in [5, 5.41) is 12.9. The second-order valence-electron chi connectivity index (χ2n) is 5.95.